The van der Waals surface area contributed by atoms with Crippen LogP contribution < -0.4 is 0 Å². The Kier molecular flexibility index (Phi) is 4.69. The maximum Gasteiger partial charge on any atom is 0.164 e. The number of carbonyl (C=O) groups excluding carboxylic acids is 1. The number of ketones is 1. The Morgan fingerprint density at radius 1 is 1.00 bits per heavy atom. The second kappa shape index (κ2) is 6.48. The summed E-state index contributed by atoms with van der Waals surface area (Å²) in [7, 11) is 0. The molecule has 0 aliphatic rings. The molecule has 0 aromatic heterocycles. The summed E-state index contributed by atoms with van der Waals surface area (Å²) in [5, 5.41) is 2.32. The molecule has 0 radical (unpaired) electrons. The van der Waals surface area contributed by atoms with E-state index in [-0.39, 0.29) is 5.78 Å². The van der Waals surface area contributed by atoms with Crippen LogP contribution in [0.2, 0.25) is 0 Å². The van der Waals surface area contributed by atoms with Gasteiger partial charge in [0.15, 0.2) is 5.78 Å². The lowest BCUT2D eigenvalue weighted by atomic mass is 10.0. The van der Waals surface area contributed by atoms with Crippen molar-refractivity contribution in [2.75, 3.05) is 19.6 Å². The lowest BCUT2D eigenvalue weighted by Crippen LogP contribution is -2.25. The van der Waals surface area contributed by atoms with Crippen LogP contribution in [-0.4, -0.2) is 30.3 Å². The van der Waals surface area contributed by atoms with E-state index >= 15 is 0 Å². The summed E-state index contributed by atoms with van der Waals surface area (Å²) >= 11 is 0. The molecule has 0 N–H and O–H groups in total. The Balaban J connectivity index is 2.09. The van der Waals surface area contributed by atoms with Gasteiger partial charge >= 0.3 is 0 Å². The standard InChI is InChI=1S/C17H21NO/c1-3-18(4-2)12-11-17(19)16-10-9-14-7-5-6-8-15(14)13-16/h5-10,13H,3-4,11-12H2,1-2H3. The van der Waals surface area contributed by atoms with Crippen LogP contribution in [-0.2, 0) is 0 Å². The summed E-state index contributed by atoms with van der Waals surface area (Å²) in [5.41, 5.74) is 0.825. The van der Waals surface area contributed by atoms with E-state index in [4.69, 9.17) is 0 Å². The first kappa shape index (κ1) is 13.8. The van der Waals surface area contributed by atoms with Crippen LogP contribution in [0.25, 0.3) is 10.8 Å². The number of nitrogens with zero attached hydrogens (tertiary/aromatic N) is 1. The minimum atomic E-state index is 0.234. The van der Waals surface area contributed by atoms with Gasteiger partial charge in [0.1, 0.15) is 0 Å². The molecule has 0 spiro atoms. The van der Waals surface area contributed by atoms with Crippen molar-refractivity contribution < 1.29 is 4.79 Å². The molecule has 0 fully saturated rings. The van der Waals surface area contributed by atoms with Crippen molar-refractivity contribution in [3.8, 4) is 0 Å². The molecule has 0 aliphatic heterocycles. The van der Waals surface area contributed by atoms with Crippen LogP contribution in [0.4, 0.5) is 0 Å². The number of carbonyl (C=O) groups is 1. The zero-order valence-corrected chi connectivity index (χ0v) is 11.7. The maximum atomic E-state index is 12.2. The van der Waals surface area contributed by atoms with Crippen LogP contribution in [0, 0.1) is 0 Å². The predicted molar refractivity (Wildman–Crippen MR) is 80.7 cm³/mol. The lowest BCUT2D eigenvalue weighted by Gasteiger charge is -2.17. The first-order valence-corrected chi connectivity index (χ1v) is 6.99. The summed E-state index contributed by atoms with van der Waals surface area (Å²) < 4.78 is 0. The van der Waals surface area contributed by atoms with Crippen molar-refractivity contribution in [1.82, 2.24) is 4.90 Å². The molecular weight excluding hydrogens is 234 g/mol. The molecule has 0 atom stereocenters. The zero-order valence-electron chi connectivity index (χ0n) is 11.7. The molecular formula is C17H21NO. The molecule has 0 bridgehead atoms. The zero-order chi connectivity index (χ0) is 13.7. The van der Waals surface area contributed by atoms with E-state index in [1.807, 2.05) is 30.3 Å². The van der Waals surface area contributed by atoms with E-state index in [0.717, 1.165) is 30.6 Å². The highest BCUT2D eigenvalue weighted by atomic mass is 16.1. The molecule has 19 heavy (non-hydrogen) atoms. The van der Waals surface area contributed by atoms with Gasteiger partial charge in [0, 0.05) is 18.5 Å². The Morgan fingerprint density at radius 2 is 1.68 bits per heavy atom. The molecule has 0 saturated heterocycles. The molecule has 2 rings (SSSR count). The van der Waals surface area contributed by atoms with Gasteiger partial charge in [-0.05, 0) is 29.9 Å². The van der Waals surface area contributed by atoms with Crippen molar-refractivity contribution in [2.45, 2.75) is 20.3 Å². The van der Waals surface area contributed by atoms with Crippen LogP contribution in [0.15, 0.2) is 42.5 Å². The highest BCUT2D eigenvalue weighted by Gasteiger charge is 2.08. The van der Waals surface area contributed by atoms with E-state index in [1.165, 1.54) is 5.39 Å². The normalized spacial score (nSPS) is 11.1. The largest absolute Gasteiger partial charge is 0.303 e. The first-order chi connectivity index (χ1) is 9.24. The molecule has 0 saturated carbocycles. The highest BCUT2D eigenvalue weighted by molar-refractivity contribution is 6.00. The number of benzene rings is 2. The average Bonchev–Trinajstić information content (AvgIpc) is 2.47. The third-order valence-electron chi connectivity index (χ3n) is 3.62. The minimum Gasteiger partial charge on any atom is -0.303 e. The number of hydrogen-bond acceptors (Lipinski definition) is 2. The van der Waals surface area contributed by atoms with Crippen molar-refractivity contribution >= 4 is 16.6 Å². The lowest BCUT2D eigenvalue weighted by molar-refractivity contribution is 0.0966. The topological polar surface area (TPSA) is 20.3 Å². The average molecular weight is 255 g/mol. The van der Waals surface area contributed by atoms with Gasteiger partial charge in [-0.15, -0.1) is 0 Å². The van der Waals surface area contributed by atoms with E-state index in [0.29, 0.717) is 6.42 Å². The Morgan fingerprint density at radius 3 is 2.37 bits per heavy atom. The van der Waals surface area contributed by atoms with E-state index in [1.54, 1.807) is 0 Å². The van der Waals surface area contributed by atoms with Crippen LogP contribution >= 0.6 is 0 Å². The molecule has 2 nitrogen and oxygen atoms in total. The van der Waals surface area contributed by atoms with Gasteiger partial charge in [-0.2, -0.15) is 0 Å². The molecule has 2 aromatic carbocycles. The van der Waals surface area contributed by atoms with Crippen LogP contribution in [0.5, 0.6) is 0 Å². The van der Waals surface area contributed by atoms with Crippen LogP contribution in [0.1, 0.15) is 30.6 Å². The molecule has 2 heteroatoms. The molecule has 0 aliphatic carbocycles. The van der Waals surface area contributed by atoms with Crippen molar-refractivity contribution in [3.05, 3.63) is 48.0 Å². The molecule has 0 amide bonds. The van der Waals surface area contributed by atoms with Crippen molar-refractivity contribution in [1.29, 1.82) is 0 Å². The van der Waals surface area contributed by atoms with Gasteiger partial charge in [0.2, 0.25) is 0 Å². The van der Waals surface area contributed by atoms with Gasteiger partial charge in [-0.3, -0.25) is 4.79 Å². The maximum absolute atomic E-state index is 12.2. The highest BCUT2D eigenvalue weighted by Crippen LogP contribution is 2.16. The van der Waals surface area contributed by atoms with Gasteiger partial charge in [0.25, 0.3) is 0 Å². The Hall–Kier alpha value is -1.67. The van der Waals surface area contributed by atoms with Crippen molar-refractivity contribution in [2.24, 2.45) is 0 Å². The predicted octanol–water partition coefficient (Wildman–Crippen LogP) is 3.75. The fourth-order valence-electron chi connectivity index (χ4n) is 2.31. The van der Waals surface area contributed by atoms with Crippen LogP contribution in [0.3, 0.4) is 0 Å². The quantitative estimate of drug-likeness (QED) is 0.733. The molecule has 0 heterocycles. The number of Topliss-reactive ketones (excluding diaryl/α,β-unsaturated/α-hetero) is 1. The van der Waals surface area contributed by atoms with Gasteiger partial charge < -0.3 is 4.90 Å². The SMILES string of the molecule is CCN(CC)CCC(=O)c1ccc2ccccc2c1. The number of fused-ring (bicyclic) bond motifs is 1. The first-order valence-electron chi connectivity index (χ1n) is 6.99. The van der Waals surface area contributed by atoms with Gasteiger partial charge in [0.05, 0.1) is 0 Å². The summed E-state index contributed by atoms with van der Waals surface area (Å²) in [4.78, 5) is 14.5. The summed E-state index contributed by atoms with van der Waals surface area (Å²) in [6.45, 7) is 7.11. The minimum absolute atomic E-state index is 0.234. The fourth-order valence-corrected chi connectivity index (χ4v) is 2.31. The number of rotatable bonds is 6. The molecule has 0 unspecified atom stereocenters. The monoisotopic (exact) mass is 255 g/mol. The van der Waals surface area contributed by atoms with E-state index < -0.39 is 0 Å². The van der Waals surface area contributed by atoms with E-state index in [9.17, 15) is 4.79 Å². The molecule has 100 valence electrons. The molecule has 2 aromatic rings. The fraction of sp³-hybridized carbons (Fsp3) is 0.353. The third-order valence-corrected chi connectivity index (χ3v) is 3.62. The smallest absolute Gasteiger partial charge is 0.164 e. The Bertz CT molecular complexity index is 558. The second-order valence-corrected chi connectivity index (χ2v) is 4.76. The number of hydrogen-bond donors (Lipinski definition) is 0. The van der Waals surface area contributed by atoms with E-state index in [2.05, 4.69) is 30.9 Å². The summed E-state index contributed by atoms with van der Waals surface area (Å²) in [5.74, 6) is 0.234. The Labute approximate surface area is 115 Å². The van der Waals surface area contributed by atoms with Gasteiger partial charge in [-0.1, -0.05) is 50.2 Å². The van der Waals surface area contributed by atoms with Gasteiger partial charge in [-0.25, -0.2) is 0 Å². The summed E-state index contributed by atoms with van der Waals surface area (Å²) in [6.07, 6.45) is 0.597. The van der Waals surface area contributed by atoms with Crippen molar-refractivity contribution in [3.63, 3.8) is 0 Å². The third kappa shape index (κ3) is 3.42. The second-order valence-electron chi connectivity index (χ2n) is 4.76. The summed E-state index contributed by atoms with van der Waals surface area (Å²) in [6, 6.07) is 14.1.